The molecule has 1 aromatic carbocycles. The summed E-state index contributed by atoms with van der Waals surface area (Å²) in [4.78, 5) is 8.66. The van der Waals surface area contributed by atoms with Gasteiger partial charge in [-0.15, -0.1) is 0 Å². The van der Waals surface area contributed by atoms with Gasteiger partial charge < -0.3 is 14.8 Å². The van der Waals surface area contributed by atoms with E-state index < -0.39 is 0 Å². The van der Waals surface area contributed by atoms with Gasteiger partial charge in [0, 0.05) is 0 Å². The summed E-state index contributed by atoms with van der Waals surface area (Å²) in [5.41, 5.74) is 0. The third-order valence-corrected chi connectivity index (χ3v) is 1.20. The first kappa shape index (κ1) is 7.64. The molecule has 0 fully saturated rings. The summed E-state index contributed by atoms with van der Waals surface area (Å²) in [6.07, 6.45) is 0. The standard InChI is InChI=1S/C6H8N2O3/c7-10-5-3-1-2-4(9)6(5)11-8/h1-3,9H,7-8H2. The van der Waals surface area contributed by atoms with Crippen LogP contribution in [0.5, 0.6) is 17.2 Å². The van der Waals surface area contributed by atoms with Crippen LogP contribution >= 0.6 is 0 Å². The van der Waals surface area contributed by atoms with Crippen LogP contribution in [0.25, 0.3) is 0 Å². The minimum Gasteiger partial charge on any atom is -0.504 e. The fraction of sp³-hybridized carbons (Fsp3) is 0. The molecule has 0 heterocycles. The van der Waals surface area contributed by atoms with Crippen molar-refractivity contribution < 1.29 is 14.8 Å². The minimum atomic E-state index is -0.115. The fourth-order valence-corrected chi connectivity index (χ4v) is 0.716. The highest BCUT2D eigenvalue weighted by Gasteiger charge is 2.08. The zero-order valence-corrected chi connectivity index (χ0v) is 5.65. The largest absolute Gasteiger partial charge is 0.504 e. The highest BCUT2D eigenvalue weighted by atomic mass is 16.7. The molecule has 60 valence electrons. The first-order chi connectivity index (χ1) is 5.29. The lowest BCUT2D eigenvalue weighted by Gasteiger charge is -2.05. The van der Waals surface area contributed by atoms with Crippen molar-refractivity contribution in [1.29, 1.82) is 0 Å². The maximum atomic E-state index is 9.08. The Morgan fingerprint density at radius 1 is 1.18 bits per heavy atom. The molecule has 1 rings (SSSR count). The Morgan fingerprint density at radius 2 is 1.91 bits per heavy atom. The predicted octanol–water partition coefficient (Wildman–Crippen LogP) is -0.103. The molecule has 0 aromatic heterocycles. The number of aromatic hydroxyl groups is 1. The second-order valence-corrected chi connectivity index (χ2v) is 1.84. The average Bonchev–Trinajstić information content (AvgIpc) is 2.04. The molecule has 0 saturated heterocycles. The molecule has 0 radical (unpaired) electrons. The van der Waals surface area contributed by atoms with Gasteiger partial charge in [-0.3, -0.25) is 0 Å². The zero-order valence-electron chi connectivity index (χ0n) is 5.65. The molecule has 0 atom stereocenters. The van der Waals surface area contributed by atoms with Gasteiger partial charge in [0.2, 0.25) is 5.75 Å². The first-order valence-electron chi connectivity index (χ1n) is 2.85. The van der Waals surface area contributed by atoms with E-state index in [0.717, 1.165) is 0 Å². The van der Waals surface area contributed by atoms with Crippen molar-refractivity contribution >= 4 is 0 Å². The molecule has 5 N–H and O–H groups in total. The van der Waals surface area contributed by atoms with E-state index in [9.17, 15) is 0 Å². The molecular formula is C6H8N2O3. The lowest BCUT2D eigenvalue weighted by molar-refractivity contribution is 0.268. The molecular weight excluding hydrogens is 148 g/mol. The van der Waals surface area contributed by atoms with Crippen molar-refractivity contribution in [3.63, 3.8) is 0 Å². The normalized spacial score (nSPS) is 9.27. The van der Waals surface area contributed by atoms with Gasteiger partial charge in [-0.1, -0.05) is 6.07 Å². The van der Waals surface area contributed by atoms with Gasteiger partial charge in [0.15, 0.2) is 11.5 Å². The summed E-state index contributed by atoms with van der Waals surface area (Å²) in [7, 11) is 0. The highest BCUT2D eigenvalue weighted by Crippen LogP contribution is 2.34. The smallest absolute Gasteiger partial charge is 0.232 e. The molecule has 0 aliphatic heterocycles. The van der Waals surface area contributed by atoms with Crippen molar-refractivity contribution in [2.45, 2.75) is 0 Å². The number of hydrogen-bond donors (Lipinski definition) is 3. The molecule has 5 nitrogen and oxygen atoms in total. The molecule has 0 aliphatic carbocycles. The van der Waals surface area contributed by atoms with Crippen molar-refractivity contribution in [3.8, 4) is 17.2 Å². The van der Waals surface area contributed by atoms with Gasteiger partial charge in [-0.05, 0) is 12.1 Å². The van der Waals surface area contributed by atoms with E-state index in [1.54, 1.807) is 6.07 Å². The maximum absolute atomic E-state index is 9.08. The van der Waals surface area contributed by atoms with Crippen LogP contribution in [0.2, 0.25) is 0 Å². The second-order valence-electron chi connectivity index (χ2n) is 1.84. The van der Waals surface area contributed by atoms with Gasteiger partial charge >= 0.3 is 0 Å². The van der Waals surface area contributed by atoms with Crippen molar-refractivity contribution in [2.24, 2.45) is 11.8 Å². The van der Waals surface area contributed by atoms with E-state index in [0.29, 0.717) is 0 Å². The fourth-order valence-electron chi connectivity index (χ4n) is 0.716. The maximum Gasteiger partial charge on any atom is 0.232 e. The summed E-state index contributed by atoms with van der Waals surface area (Å²) < 4.78 is 0. The summed E-state index contributed by atoms with van der Waals surface area (Å²) >= 11 is 0. The van der Waals surface area contributed by atoms with Crippen molar-refractivity contribution in [2.75, 3.05) is 0 Å². The van der Waals surface area contributed by atoms with Crippen LogP contribution in [0.15, 0.2) is 18.2 Å². The van der Waals surface area contributed by atoms with E-state index in [1.807, 2.05) is 0 Å². The first-order valence-corrected chi connectivity index (χ1v) is 2.85. The Morgan fingerprint density at radius 3 is 2.36 bits per heavy atom. The summed E-state index contributed by atoms with van der Waals surface area (Å²) in [5, 5.41) is 9.08. The average molecular weight is 156 g/mol. The van der Waals surface area contributed by atoms with Crippen LogP contribution in [0.4, 0.5) is 0 Å². The number of phenolic OH excluding ortho intramolecular Hbond substituents is 1. The number of para-hydroxylation sites is 1. The van der Waals surface area contributed by atoms with Gasteiger partial charge in [-0.2, -0.15) is 11.8 Å². The van der Waals surface area contributed by atoms with Crippen molar-refractivity contribution in [3.05, 3.63) is 18.2 Å². The van der Waals surface area contributed by atoms with Crippen LogP contribution in [0.1, 0.15) is 0 Å². The van der Waals surface area contributed by atoms with Gasteiger partial charge in [0.05, 0.1) is 0 Å². The number of rotatable bonds is 2. The van der Waals surface area contributed by atoms with E-state index in [-0.39, 0.29) is 17.2 Å². The summed E-state index contributed by atoms with van der Waals surface area (Å²) in [5.74, 6) is 9.78. The van der Waals surface area contributed by atoms with Crippen LogP contribution in [0.3, 0.4) is 0 Å². The number of hydrogen-bond acceptors (Lipinski definition) is 5. The SMILES string of the molecule is NOc1cccc(O)c1ON. The monoisotopic (exact) mass is 156 g/mol. The predicted molar refractivity (Wildman–Crippen MR) is 37.7 cm³/mol. The number of benzene rings is 1. The van der Waals surface area contributed by atoms with E-state index >= 15 is 0 Å². The molecule has 0 unspecified atom stereocenters. The molecule has 0 aliphatic rings. The molecule has 5 heteroatoms. The van der Waals surface area contributed by atoms with Crippen molar-refractivity contribution in [1.82, 2.24) is 0 Å². The molecule has 0 spiro atoms. The van der Waals surface area contributed by atoms with Crippen LogP contribution < -0.4 is 21.5 Å². The summed E-state index contributed by atoms with van der Waals surface area (Å²) in [6.45, 7) is 0. The van der Waals surface area contributed by atoms with Crippen LogP contribution in [0, 0.1) is 0 Å². The molecule has 0 bridgehead atoms. The Hall–Kier alpha value is -1.46. The lowest BCUT2D eigenvalue weighted by atomic mass is 10.3. The van der Waals surface area contributed by atoms with E-state index in [2.05, 4.69) is 9.68 Å². The third kappa shape index (κ3) is 1.34. The van der Waals surface area contributed by atoms with E-state index in [4.69, 9.17) is 16.9 Å². The molecule has 0 amide bonds. The summed E-state index contributed by atoms with van der Waals surface area (Å²) in [6, 6.07) is 4.48. The quantitative estimate of drug-likeness (QED) is 0.520. The topological polar surface area (TPSA) is 90.7 Å². The molecule has 1 aromatic rings. The Bertz CT molecular complexity index is 252. The Labute approximate surface area is 63.0 Å². The number of phenols is 1. The number of nitrogens with two attached hydrogens (primary N) is 2. The lowest BCUT2D eigenvalue weighted by Crippen LogP contribution is -2.08. The highest BCUT2D eigenvalue weighted by molar-refractivity contribution is 5.49. The Balaban J connectivity index is 3.13. The minimum absolute atomic E-state index is 0.0231. The zero-order chi connectivity index (χ0) is 8.27. The van der Waals surface area contributed by atoms with Gasteiger partial charge in [0.1, 0.15) is 0 Å². The van der Waals surface area contributed by atoms with Gasteiger partial charge in [0.25, 0.3) is 0 Å². The second kappa shape index (κ2) is 3.09. The Kier molecular flexibility index (Phi) is 2.15. The van der Waals surface area contributed by atoms with Gasteiger partial charge in [-0.25, -0.2) is 0 Å². The van der Waals surface area contributed by atoms with Crippen LogP contribution in [-0.4, -0.2) is 5.11 Å². The van der Waals surface area contributed by atoms with Crippen LogP contribution in [-0.2, 0) is 0 Å². The van der Waals surface area contributed by atoms with E-state index in [1.165, 1.54) is 12.1 Å². The molecule has 0 saturated carbocycles. The third-order valence-electron chi connectivity index (χ3n) is 1.20. The molecule has 11 heavy (non-hydrogen) atoms.